The van der Waals surface area contributed by atoms with E-state index in [2.05, 4.69) is 28.9 Å². The molecule has 2 aliphatic rings. The Kier molecular flexibility index (Phi) is 3.95. The van der Waals surface area contributed by atoms with Gasteiger partial charge in [0, 0.05) is 36.9 Å². The van der Waals surface area contributed by atoms with Gasteiger partial charge in [0.25, 0.3) is 5.91 Å². The summed E-state index contributed by atoms with van der Waals surface area (Å²) in [4.78, 5) is 17.0. The first kappa shape index (κ1) is 13.5. The number of likely N-dealkylation sites (tertiary alicyclic amines) is 1. The van der Waals surface area contributed by atoms with Crippen molar-refractivity contribution in [1.82, 2.24) is 4.90 Å². The lowest BCUT2D eigenvalue weighted by Crippen LogP contribution is -2.35. The smallest absolute Gasteiger partial charge is 0.254 e. The molecule has 2 fully saturated rings. The van der Waals surface area contributed by atoms with Gasteiger partial charge in [-0.1, -0.05) is 6.92 Å². The van der Waals surface area contributed by atoms with E-state index in [1.54, 1.807) is 0 Å². The van der Waals surface area contributed by atoms with Gasteiger partial charge >= 0.3 is 0 Å². The minimum absolute atomic E-state index is 0.210. The lowest BCUT2D eigenvalue weighted by atomic mass is 10.1. The van der Waals surface area contributed by atoms with Gasteiger partial charge in [-0.2, -0.15) is 0 Å². The van der Waals surface area contributed by atoms with Gasteiger partial charge < -0.3 is 9.80 Å². The molecule has 0 N–H and O–H groups in total. The van der Waals surface area contributed by atoms with Crippen LogP contribution in [0.15, 0.2) is 24.3 Å². The zero-order valence-electron chi connectivity index (χ0n) is 12.3. The molecule has 3 heteroatoms. The molecule has 1 unspecified atom stereocenters. The number of carbonyl (C=O) groups excluding carboxylic acids is 1. The van der Waals surface area contributed by atoms with Crippen LogP contribution in [0.5, 0.6) is 0 Å². The number of anilines is 1. The van der Waals surface area contributed by atoms with E-state index in [-0.39, 0.29) is 5.91 Å². The number of nitrogens with zero attached hydrogens (tertiary/aromatic N) is 2. The Bertz CT molecular complexity index is 462. The minimum Gasteiger partial charge on any atom is -0.372 e. The summed E-state index contributed by atoms with van der Waals surface area (Å²) in [7, 11) is 0. The number of benzene rings is 1. The summed E-state index contributed by atoms with van der Waals surface area (Å²) >= 11 is 0. The summed E-state index contributed by atoms with van der Waals surface area (Å²) in [6.45, 7) is 5.40. The molecule has 2 heterocycles. The van der Waals surface area contributed by atoms with E-state index in [0.717, 1.165) is 44.5 Å². The summed E-state index contributed by atoms with van der Waals surface area (Å²) in [5, 5.41) is 0. The summed E-state index contributed by atoms with van der Waals surface area (Å²) < 4.78 is 0. The molecular weight excluding hydrogens is 248 g/mol. The molecule has 2 saturated heterocycles. The third kappa shape index (κ3) is 2.54. The molecule has 20 heavy (non-hydrogen) atoms. The molecule has 0 saturated carbocycles. The monoisotopic (exact) mass is 272 g/mol. The van der Waals surface area contributed by atoms with Gasteiger partial charge in [0.15, 0.2) is 0 Å². The molecule has 1 aromatic carbocycles. The Morgan fingerprint density at radius 1 is 1.10 bits per heavy atom. The highest BCUT2D eigenvalue weighted by molar-refractivity contribution is 5.95. The normalized spacial score (nSPS) is 22.6. The largest absolute Gasteiger partial charge is 0.372 e. The number of hydrogen-bond acceptors (Lipinski definition) is 2. The van der Waals surface area contributed by atoms with Crippen molar-refractivity contribution in [3.05, 3.63) is 29.8 Å². The van der Waals surface area contributed by atoms with Crippen LogP contribution in [0.4, 0.5) is 5.69 Å². The highest BCUT2D eigenvalue weighted by Gasteiger charge is 2.27. The molecule has 0 aliphatic carbocycles. The third-order valence-electron chi connectivity index (χ3n) is 4.69. The second kappa shape index (κ2) is 5.86. The van der Waals surface area contributed by atoms with Crippen LogP contribution in [0.3, 0.4) is 0 Å². The lowest BCUT2D eigenvalue weighted by Gasteiger charge is -2.24. The first-order valence-corrected chi connectivity index (χ1v) is 7.95. The van der Waals surface area contributed by atoms with Gasteiger partial charge in [-0.15, -0.1) is 0 Å². The summed E-state index contributed by atoms with van der Waals surface area (Å²) in [6, 6.07) is 8.66. The van der Waals surface area contributed by atoms with Crippen LogP contribution in [0, 0.1) is 0 Å². The number of hydrogen-bond donors (Lipinski definition) is 0. The second-order valence-corrected chi connectivity index (χ2v) is 5.94. The van der Waals surface area contributed by atoms with Crippen LogP contribution < -0.4 is 4.90 Å². The standard InChI is InChI=1S/C17H24N2O/c1-2-15-6-5-13-19(15)17(20)14-7-9-16(10-8-14)18-11-3-4-12-18/h7-10,15H,2-6,11-13H2,1H3. The van der Waals surface area contributed by atoms with E-state index in [1.165, 1.54) is 18.5 Å². The predicted molar refractivity (Wildman–Crippen MR) is 82.2 cm³/mol. The molecule has 2 aliphatic heterocycles. The molecule has 3 nitrogen and oxygen atoms in total. The van der Waals surface area contributed by atoms with Crippen LogP contribution in [-0.4, -0.2) is 36.5 Å². The summed E-state index contributed by atoms with van der Waals surface area (Å²) in [5.74, 6) is 0.210. The molecule has 1 aromatic rings. The van der Waals surface area contributed by atoms with Gasteiger partial charge in [-0.3, -0.25) is 4.79 Å². The van der Waals surface area contributed by atoms with Crippen LogP contribution in [0.1, 0.15) is 49.4 Å². The Labute approximate surface area is 121 Å². The maximum atomic E-state index is 12.6. The van der Waals surface area contributed by atoms with E-state index in [1.807, 2.05) is 12.1 Å². The van der Waals surface area contributed by atoms with Crippen molar-refractivity contribution in [2.45, 2.75) is 45.1 Å². The van der Waals surface area contributed by atoms with Crippen molar-refractivity contribution in [2.24, 2.45) is 0 Å². The van der Waals surface area contributed by atoms with Gasteiger partial charge in [0.1, 0.15) is 0 Å². The average Bonchev–Trinajstić information content (AvgIpc) is 3.17. The predicted octanol–water partition coefficient (Wildman–Crippen LogP) is 3.30. The van der Waals surface area contributed by atoms with Gasteiger partial charge in [0.05, 0.1) is 0 Å². The number of rotatable bonds is 3. The van der Waals surface area contributed by atoms with Crippen molar-refractivity contribution >= 4 is 11.6 Å². The van der Waals surface area contributed by atoms with Crippen LogP contribution >= 0.6 is 0 Å². The molecule has 0 spiro atoms. The zero-order chi connectivity index (χ0) is 13.9. The topological polar surface area (TPSA) is 23.6 Å². The van der Waals surface area contributed by atoms with Gasteiger partial charge in [-0.25, -0.2) is 0 Å². The molecular formula is C17H24N2O. The van der Waals surface area contributed by atoms with E-state index in [9.17, 15) is 4.79 Å². The third-order valence-corrected chi connectivity index (χ3v) is 4.69. The molecule has 3 rings (SSSR count). The van der Waals surface area contributed by atoms with Crippen molar-refractivity contribution in [2.75, 3.05) is 24.5 Å². The Hall–Kier alpha value is -1.51. The van der Waals surface area contributed by atoms with Crippen molar-refractivity contribution in [1.29, 1.82) is 0 Å². The second-order valence-electron chi connectivity index (χ2n) is 5.94. The molecule has 108 valence electrons. The van der Waals surface area contributed by atoms with E-state index in [4.69, 9.17) is 0 Å². The van der Waals surface area contributed by atoms with Gasteiger partial charge in [-0.05, 0) is 56.4 Å². The number of carbonyl (C=O) groups is 1. The van der Waals surface area contributed by atoms with Crippen molar-refractivity contribution < 1.29 is 4.79 Å². The van der Waals surface area contributed by atoms with Crippen LogP contribution in [-0.2, 0) is 0 Å². The highest BCUT2D eigenvalue weighted by Crippen LogP contribution is 2.24. The number of amides is 1. The molecule has 0 bridgehead atoms. The quantitative estimate of drug-likeness (QED) is 0.843. The van der Waals surface area contributed by atoms with Crippen LogP contribution in [0.25, 0.3) is 0 Å². The van der Waals surface area contributed by atoms with E-state index in [0.29, 0.717) is 6.04 Å². The highest BCUT2D eigenvalue weighted by atomic mass is 16.2. The summed E-state index contributed by atoms with van der Waals surface area (Å²) in [6.07, 6.45) is 5.95. The molecule has 0 aromatic heterocycles. The Morgan fingerprint density at radius 2 is 1.80 bits per heavy atom. The molecule has 0 radical (unpaired) electrons. The maximum Gasteiger partial charge on any atom is 0.254 e. The van der Waals surface area contributed by atoms with Crippen molar-refractivity contribution in [3.63, 3.8) is 0 Å². The fourth-order valence-electron chi connectivity index (χ4n) is 3.48. The lowest BCUT2D eigenvalue weighted by molar-refractivity contribution is 0.0733. The Balaban J connectivity index is 1.72. The van der Waals surface area contributed by atoms with Gasteiger partial charge in [0.2, 0.25) is 0 Å². The summed E-state index contributed by atoms with van der Waals surface area (Å²) in [5.41, 5.74) is 2.10. The minimum atomic E-state index is 0.210. The maximum absolute atomic E-state index is 12.6. The fraction of sp³-hybridized carbons (Fsp3) is 0.588. The van der Waals surface area contributed by atoms with Crippen LogP contribution in [0.2, 0.25) is 0 Å². The average molecular weight is 272 g/mol. The fourth-order valence-corrected chi connectivity index (χ4v) is 3.48. The van der Waals surface area contributed by atoms with E-state index < -0.39 is 0 Å². The molecule has 1 atom stereocenters. The first-order valence-electron chi connectivity index (χ1n) is 7.95. The first-order chi connectivity index (χ1) is 9.79. The van der Waals surface area contributed by atoms with E-state index >= 15 is 0 Å². The van der Waals surface area contributed by atoms with Crippen molar-refractivity contribution in [3.8, 4) is 0 Å². The molecule has 1 amide bonds. The SMILES string of the molecule is CCC1CCCN1C(=O)c1ccc(N2CCCC2)cc1. The Morgan fingerprint density at radius 3 is 2.45 bits per heavy atom. The zero-order valence-corrected chi connectivity index (χ0v) is 12.3.